The number of H-pyrrole nitrogens is 1. The zero-order chi connectivity index (χ0) is 22.7. The second-order valence-corrected chi connectivity index (χ2v) is 8.49. The van der Waals surface area contributed by atoms with Crippen molar-refractivity contribution < 1.29 is 4.79 Å². The third-order valence-corrected chi connectivity index (χ3v) is 5.90. The number of rotatable bonds is 6. The van der Waals surface area contributed by atoms with Gasteiger partial charge in [0.25, 0.3) is 11.5 Å². The van der Waals surface area contributed by atoms with E-state index in [1.807, 2.05) is 68.4 Å². The van der Waals surface area contributed by atoms with Gasteiger partial charge in [-0.05, 0) is 74.0 Å². The number of amides is 1. The number of hydrogen-bond donors (Lipinski definition) is 1. The predicted octanol–water partition coefficient (Wildman–Crippen LogP) is 5.34. The lowest BCUT2D eigenvalue weighted by Crippen LogP contribution is -2.34. The van der Waals surface area contributed by atoms with Crippen molar-refractivity contribution in [2.24, 2.45) is 0 Å². The molecule has 1 amide bonds. The van der Waals surface area contributed by atoms with Gasteiger partial charge in [-0.3, -0.25) is 9.59 Å². The van der Waals surface area contributed by atoms with Crippen LogP contribution >= 0.6 is 0 Å². The molecule has 0 spiro atoms. The molecule has 4 heteroatoms. The van der Waals surface area contributed by atoms with Gasteiger partial charge in [0, 0.05) is 23.2 Å². The summed E-state index contributed by atoms with van der Waals surface area (Å²) in [6.07, 6.45) is 0.731. The summed E-state index contributed by atoms with van der Waals surface area (Å²) >= 11 is 0. The lowest BCUT2D eigenvalue weighted by atomic mass is 10.0. The maximum absolute atomic E-state index is 13.5. The molecule has 0 saturated heterocycles. The van der Waals surface area contributed by atoms with Crippen LogP contribution in [0.1, 0.15) is 38.2 Å². The fraction of sp³-hybridized carbons (Fsp3) is 0.214. The van der Waals surface area contributed by atoms with Crippen LogP contribution in [0.25, 0.3) is 10.9 Å². The molecule has 162 valence electrons. The second-order valence-electron chi connectivity index (χ2n) is 8.49. The molecule has 0 atom stereocenters. The highest BCUT2D eigenvalue weighted by Gasteiger charge is 2.18. The topological polar surface area (TPSA) is 53.2 Å². The number of aromatic amines is 1. The number of benzene rings is 3. The average molecular weight is 425 g/mol. The maximum atomic E-state index is 13.5. The molecule has 0 bridgehead atoms. The predicted molar refractivity (Wildman–Crippen MR) is 130 cm³/mol. The molecule has 32 heavy (non-hydrogen) atoms. The van der Waals surface area contributed by atoms with Crippen LogP contribution in [0.5, 0.6) is 0 Å². The van der Waals surface area contributed by atoms with E-state index in [2.05, 4.69) is 30.1 Å². The first-order valence-corrected chi connectivity index (χ1v) is 10.9. The van der Waals surface area contributed by atoms with E-state index in [4.69, 9.17) is 0 Å². The zero-order valence-electron chi connectivity index (χ0n) is 18.8. The number of aromatic nitrogens is 1. The summed E-state index contributed by atoms with van der Waals surface area (Å²) in [7, 11) is 0. The molecule has 3 aromatic carbocycles. The van der Waals surface area contributed by atoms with E-state index in [1.165, 1.54) is 11.1 Å². The first-order valence-electron chi connectivity index (χ1n) is 10.9. The highest BCUT2D eigenvalue weighted by atomic mass is 16.2. The Bertz CT molecular complexity index is 1340. The van der Waals surface area contributed by atoms with E-state index in [0.29, 0.717) is 17.7 Å². The monoisotopic (exact) mass is 424 g/mol. The third-order valence-electron chi connectivity index (χ3n) is 5.90. The van der Waals surface area contributed by atoms with Gasteiger partial charge in [-0.15, -0.1) is 0 Å². The minimum Gasteiger partial charge on any atom is -0.334 e. The Balaban J connectivity index is 1.67. The van der Waals surface area contributed by atoms with Gasteiger partial charge in [-0.2, -0.15) is 0 Å². The van der Waals surface area contributed by atoms with E-state index in [-0.39, 0.29) is 18.0 Å². The number of aryl methyl sites for hydroxylation is 3. The number of nitrogens with one attached hydrogen (secondary N) is 1. The Kier molecular flexibility index (Phi) is 6.22. The van der Waals surface area contributed by atoms with Crippen LogP contribution in [-0.4, -0.2) is 22.3 Å². The molecule has 0 unspecified atom stereocenters. The molecule has 0 saturated carbocycles. The van der Waals surface area contributed by atoms with Crippen LogP contribution in [0.15, 0.2) is 77.6 Å². The van der Waals surface area contributed by atoms with Crippen molar-refractivity contribution in [2.45, 2.75) is 33.7 Å². The van der Waals surface area contributed by atoms with Gasteiger partial charge < -0.3 is 9.88 Å². The first kappa shape index (κ1) is 21.6. The fourth-order valence-electron chi connectivity index (χ4n) is 4.05. The van der Waals surface area contributed by atoms with Crippen molar-refractivity contribution >= 4 is 16.8 Å². The molecule has 4 aromatic rings. The number of carbonyl (C=O) groups is 1. The van der Waals surface area contributed by atoms with Crippen molar-refractivity contribution in [3.63, 3.8) is 0 Å². The van der Waals surface area contributed by atoms with Gasteiger partial charge in [0.15, 0.2) is 0 Å². The Morgan fingerprint density at radius 1 is 0.844 bits per heavy atom. The molecule has 0 aliphatic rings. The number of fused-ring (bicyclic) bond motifs is 1. The summed E-state index contributed by atoms with van der Waals surface area (Å²) < 4.78 is 0. The van der Waals surface area contributed by atoms with E-state index < -0.39 is 0 Å². The van der Waals surface area contributed by atoms with Crippen LogP contribution in [0.3, 0.4) is 0 Å². The van der Waals surface area contributed by atoms with Gasteiger partial charge in [0.2, 0.25) is 0 Å². The number of carbonyl (C=O) groups excluding carboxylic acids is 1. The Morgan fingerprint density at radius 2 is 1.62 bits per heavy atom. The normalized spacial score (nSPS) is 11.0. The Labute approximate surface area is 188 Å². The van der Waals surface area contributed by atoms with Gasteiger partial charge >= 0.3 is 0 Å². The molecular formula is C28H28N2O2. The summed E-state index contributed by atoms with van der Waals surface area (Å²) in [4.78, 5) is 31.0. The van der Waals surface area contributed by atoms with Crippen LogP contribution in [0, 0.1) is 20.8 Å². The third kappa shape index (κ3) is 4.80. The zero-order valence-corrected chi connectivity index (χ0v) is 18.8. The summed E-state index contributed by atoms with van der Waals surface area (Å²) in [6, 6.07) is 23.7. The highest BCUT2D eigenvalue weighted by Crippen LogP contribution is 2.17. The number of hydrogen-bond acceptors (Lipinski definition) is 2. The SMILES string of the molecule is Cc1cccc(C(=O)N(CCc2ccccc2C)Cc2cc3cc(C)ccc3[nH]c2=O)c1. The van der Waals surface area contributed by atoms with Crippen molar-refractivity contribution in [2.75, 3.05) is 6.54 Å². The van der Waals surface area contributed by atoms with E-state index in [0.717, 1.165) is 28.5 Å². The van der Waals surface area contributed by atoms with Gasteiger partial charge in [0.1, 0.15) is 0 Å². The average Bonchev–Trinajstić information content (AvgIpc) is 2.77. The second kappa shape index (κ2) is 9.23. The molecule has 0 radical (unpaired) electrons. The summed E-state index contributed by atoms with van der Waals surface area (Å²) in [5.41, 5.74) is 6.46. The molecule has 1 heterocycles. The van der Waals surface area contributed by atoms with Crippen LogP contribution in [0.4, 0.5) is 0 Å². The van der Waals surface area contributed by atoms with Crippen molar-refractivity contribution in [3.8, 4) is 0 Å². The summed E-state index contributed by atoms with van der Waals surface area (Å²) in [6.45, 7) is 6.88. The minimum absolute atomic E-state index is 0.0639. The van der Waals surface area contributed by atoms with Gasteiger partial charge in [-0.1, -0.05) is 53.6 Å². The molecule has 1 N–H and O–H groups in total. The van der Waals surface area contributed by atoms with Crippen molar-refractivity contribution in [3.05, 3.63) is 117 Å². The maximum Gasteiger partial charge on any atom is 0.254 e. The van der Waals surface area contributed by atoms with E-state index in [1.54, 1.807) is 4.90 Å². The van der Waals surface area contributed by atoms with E-state index >= 15 is 0 Å². The molecule has 0 aliphatic heterocycles. The smallest absolute Gasteiger partial charge is 0.254 e. The number of pyridine rings is 1. The van der Waals surface area contributed by atoms with Gasteiger partial charge in [0.05, 0.1) is 6.54 Å². The Hall–Kier alpha value is -3.66. The molecule has 0 fully saturated rings. The van der Waals surface area contributed by atoms with Crippen molar-refractivity contribution in [1.82, 2.24) is 9.88 Å². The van der Waals surface area contributed by atoms with Crippen LogP contribution in [-0.2, 0) is 13.0 Å². The lowest BCUT2D eigenvalue weighted by Gasteiger charge is -2.23. The molecule has 4 nitrogen and oxygen atoms in total. The van der Waals surface area contributed by atoms with E-state index in [9.17, 15) is 9.59 Å². The van der Waals surface area contributed by atoms with Crippen molar-refractivity contribution in [1.29, 1.82) is 0 Å². The lowest BCUT2D eigenvalue weighted by molar-refractivity contribution is 0.0744. The largest absolute Gasteiger partial charge is 0.334 e. The molecular weight excluding hydrogens is 396 g/mol. The summed E-state index contributed by atoms with van der Waals surface area (Å²) in [5, 5.41) is 0.974. The standard InChI is InChI=1S/C28H28N2O2/c1-19-7-6-10-23(15-19)28(32)30(14-13-22-9-5-4-8-21(22)3)18-25-17-24-16-20(2)11-12-26(24)29-27(25)31/h4-12,15-17H,13-14,18H2,1-3H3,(H,29,31). The number of nitrogens with zero attached hydrogens (tertiary/aromatic N) is 1. The quantitative estimate of drug-likeness (QED) is 0.454. The molecule has 0 aliphatic carbocycles. The first-order chi connectivity index (χ1) is 15.4. The van der Waals surface area contributed by atoms with Crippen LogP contribution < -0.4 is 5.56 Å². The Morgan fingerprint density at radius 3 is 2.41 bits per heavy atom. The fourth-order valence-corrected chi connectivity index (χ4v) is 4.05. The molecule has 4 rings (SSSR count). The molecule has 1 aromatic heterocycles. The summed E-state index contributed by atoms with van der Waals surface area (Å²) in [5.74, 6) is -0.0639. The van der Waals surface area contributed by atoms with Crippen LogP contribution in [0.2, 0.25) is 0 Å². The highest BCUT2D eigenvalue weighted by molar-refractivity contribution is 5.94. The minimum atomic E-state index is -0.153. The van der Waals surface area contributed by atoms with Gasteiger partial charge in [-0.25, -0.2) is 0 Å².